The molecule has 0 rings (SSSR count). The van der Waals surface area contributed by atoms with Crippen LogP contribution in [0, 0.1) is 0 Å². The van der Waals surface area contributed by atoms with E-state index in [-0.39, 0.29) is 7.43 Å². The summed E-state index contributed by atoms with van der Waals surface area (Å²) in [5.41, 5.74) is 0. The first-order chi connectivity index (χ1) is 4.18. The van der Waals surface area contributed by atoms with Crippen LogP contribution in [0.3, 0.4) is 0 Å². The Hall–Kier alpha value is -0.830. The third kappa shape index (κ3) is 5.31. The highest BCUT2D eigenvalue weighted by molar-refractivity contribution is 5.72. The van der Waals surface area contributed by atoms with Crippen molar-refractivity contribution in [3.05, 3.63) is 12.7 Å². The summed E-state index contributed by atoms with van der Waals surface area (Å²) in [6.45, 7) is 5.56. The topological polar surface area (TPSA) is 49.3 Å². The van der Waals surface area contributed by atoms with E-state index in [2.05, 4.69) is 11.9 Å². The predicted molar refractivity (Wildman–Crippen MR) is 42.0 cm³/mol. The molecule has 2 N–H and O–H groups in total. The molecule has 0 saturated carbocycles. The van der Waals surface area contributed by atoms with Crippen molar-refractivity contribution < 1.29 is 9.90 Å². The summed E-state index contributed by atoms with van der Waals surface area (Å²) in [6.07, 6.45) is 1.62. The van der Waals surface area contributed by atoms with Gasteiger partial charge >= 0.3 is 5.97 Å². The van der Waals surface area contributed by atoms with Gasteiger partial charge in [-0.3, -0.25) is 4.79 Å². The van der Waals surface area contributed by atoms with E-state index >= 15 is 0 Å². The van der Waals surface area contributed by atoms with Crippen LogP contribution in [0.25, 0.3) is 0 Å². The number of hydrogen-bond acceptors (Lipinski definition) is 2. The van der Waals surface area contributed by atoms with E-state index in [0.29, 0.717) is 6.54 Å². The normalized spacial score (nSPS) is 11.3. The van der Waals surface area contributed by atoms with Crippen LogP contribution in [0.5, 0.6) is 0 Å². The van der Waals surface area contributed by atoms with Crippen LogP contribution in [0.2, 0.25) is 0 Å². The molecule has 0 aliphatic carbocycles. The first-order valence-corrected chi connectivity index (χ1v) is 2.75. The van der Waals surface area contributed by atoms with Gasteiger partial charge in [0, 0.05) is 6.54 Å². The Kier molecular flexibility index (Phi) is 7.49. The van der Waals surface area contributed by atoms with Crippen LogP contribution < -0.4 is 5.32 Å². The number of rotatable bonds is 4. The highest BCUT2D eigenvalue weighted by atomic mass is 16.4. The average molecular weight is 145 g/mol. The van der Waals surface area contributed by atoms with Crippen molar-refractivity contribution in [2.24, 2.45) is 0 Å². The molecule has 0 bridgehead atoms. The molecule has 0 aromatic carbocycles. The molecule has 10 heavy (non-hydrogen) atoms. The number of nitrogens with one attached hydrogen (secondary N) is 1. The Morgan fingerprint density at radius 2 is 2.40 bits per heavy atom. The molecule has 3 nitrogen and oxygen atoms in total. The molecule has 0 heterocycles. The summed E-state index contributed by atoms with van der Waals surface area (Å²) in [7, 11) is 0. The number of carboxylic acid groups (broad SMARTS) is 1. The van der Waals surface area contributed by atoms with Gasteiger partial charge in [-0.1, -0.05) is 13.5 Å². The van der Waals surface area contributed by atoms with E-state index in [1.54, 1.807) is 13.0 Å². The Morgan fingerprint density at radius 1 is 1.90 bits per heavy atom. The van der Waals surface area contributed by atoms with Gasteiger partial charge in [-0.05, 0) is 6.92 Å². The standard InChI is InChI=1S/C6H11NO2.CH4/c1-3-4-7-5(2)6(8)9;/h3,5,7H,1,4H2,2H3,(H,8,9);1H4. The minimum atomic E-state index is -0.836. The van der Waals surface area contributed by atoms with Crippen LogP contribution in [0.4, 0.5) is 0 Å². The maximum absolute atomic E-state index is 10.1. The average Bonchev–Trinajstić information content (AvgIpc) is 1.82. The van der Waals surface area contributed by atoms with Crippen molar-refractivity contribution in [1.29, 1.82) is 0 Å². The van der Waals surface area contributed by atoms with Crippen molar-refractivity contribution in [1.82, 2.24) is 5.32 Å². The van der Waals surface area contributed by atoms with Crippen LogP contribution >= 0.6 is 0 Å². The molecule has 3 heteroatoms. The van der Waals surface area contributed by atoms with Crippen molar-refractivity contribution in [3.63, 3.8) is 0 Å². The highest BCUT2D eigenvalue weighted by Crippen LogP contribution is 1.78. The van der Waals surface area contributed by atoms with Gasteiger partial charge in [-0.15, -0.1) is 6.58 Å². The molecule has 1 unspecified atom stereocenters. The lowest BCUT2D eigenvalue weighted by Gasteiger charge is -2.04. The van der Waals surface area contributed by atoms with Crippen molar-refractivity contribution in [2.75, 3.05) is 6.54 Å². The summed E-state index contributed by atoms with van der Waals surface area (Å²) in [6, 6.07) is -0.483. The van der Waals surface area contributed by atoms with Gasteiger partial charge < -0.3 is 10.4 Å². The summed E-state index contributed by atoms with van der Waals surface area (Å²) >= 11 is 0. The second kappa shape index (κ2) is 6.29. The fourth-order valence-electron chi connectivity index (χ4n) is 0.347. The van der Waals surface area contributed by atoms with Crippen LogP contribution in [0.15, 0.2) is 12.7 Å². The monoisotopic (exact) mass is 145 g/mol. The van der Waals surface area contributed by atoms with Crippen LogP contribution in [-0.4, -0.2) is 23.7 Å². The molecule has 60 valence electrons. The number of carbonyl (C=O) groups is 1. The summed E-state index contributed by atoms with van der Waals surface area (Å²) < 4.78 is 0. The van der Waals surface area contributed by atoms with Crippen molar-refractivity contribution in [2.45, 2.75) is 20.4 Å². The molecule has 0 aliphatic rings. The quantitative estimate of drug-likeness (QED) is 0.577. The zero-order valence-electron chi connectivity index (χ0n) is 5.42. The maximum Gasteiger partial charge on any atom is 0.320 e. The van der Waals surface area contributed by atoms with Crippen LogP contribution in [-0.2, 0) is 4.79 Å². The lowest BCUT2D eigenvalue weighted by molar-refractivity contribution is -0.138. The Labute approximate surface area is 61.8 Å². The minimum Gasteiger partial charge on any atom is -0.480 e. The maximum atomic E-state index is 10.1. The van der Waals surface area contributed by atoms with E-state index < -0.39 is 12.0 Å². The molecule has 0 fully saturated rings. The fourth-order valence-corrected chi connectivity index (χ4v) is 0.347. The van der Waals surface area contributed by atoms with Crippen LogP contribution in [0.1, 0.15) is 14.4 Å². The molecule has 0 saturated heterocycles. The van der Waals surface area contributed by atoms with E-state index in [9.17, 15) is 4.79 Å². The third-order valence-electron chi connectivity index (χ3n) is 0.939. The summed E-state index contributed by atoms with van der Waals surface area (Å²) in [4.78, 5) is 10.1. The molecule has 0 aromatic rings. The number of carboxylic acids is 1. The van der Waals surface area contributed by atoms with Crippen molar-refractivity contribution in [3.8, 4) is 0 Å². The zero-order valence-corrected chi connectivity index (χ0v) is 5.42. The minimum absolute atomic E-state index is 0. The molecule has 0 spiro atoms. The SMILES string of the molecule is C.C=CCNC(C)C(=O)O. The number of aliphatic carboxylic acids is 1. The predicted octanol–water partition coefficient (Wildman–Crippen LogP) is 0.871. The first kappa shape index (κ1) is 11.9. The lowest BCUT2D eigenvalue weighted by atomic mass is 10.3. The molecule has 1 atom stereocenters. The van der Waals surface area contributed by atoms with Gasteiger partial charge in [0.25, 0.3) is 0 Å². The lowest BCUT2D eigenvalue weighted by Crippen LogP contribution is -2.33. The molecular weight excluding hydrogens is 130 g/mol. The molecular formula is C7H15NO2. The molecule has 0 radical (unpaired) electrons. The second-order valence-corrected chi connectivity index (χ2v) is 1.76. The molecule has 0 aromatic heterocycles. The van der Waals surface area contributed by atoms with Gasteiger partial charge in [0.1, 0.15) is 6.04 Å². The van der Waals surface area contributed by atoms with E-state index in [1.165, 1.54) is 0 Å². The van der Waals surface area contributed by atoms with Gasteiger partial charge in [-0.2, -0.15) is 0 Å². The molecule has 0 aliphatic heterocycles. The van der Waals surface area contributed by atoms with E-state index in [4.69, 9.17) is 5.11 Å². The molecule has 0 amide bonds. The van der Waals surface area contributed by atoms with Crippen molar-refractivity contribution >= 4 is 5.97 Å². The first-order valence-electron chi connectivity index (χ1n) is 2.75. The second-order valence-electron chi connectivity index (χ2n) is 1.76. The van der Waals surface area contributed by atoms with E-state index in [0.717, 1.165) is 0 Å². The smallest absolute Gasteiger partial charge is 0.320 e. The Bertz CT molecular complexity index is 112. The summed E-state index contributed by atoms with van der Waals surface area (Å²) in [5, 5.41) is 11.0. The largest absolute Gasteiger partial charge is 0.480 e. The van der Waals surface area contributed by atoms with E-state index in [1.807, 2.05) is 0 Å². The Morgan fingerprint density at radius 3 is 2.70 bits per heavy atom. The fraction of sp³-hybridized carbons (Fsp3) is 0.571. The highest BCUT2D eigenvalue weighted by Gasteiger charge is 2.06. The number of hydrogen-bond donors (Lipinski definition) is 2. The van der Waals surface area contributed by atoms with Gasteiger partial charge in [0.2, 0.25) is 0 Å². The zero-order chi connectivity index (χ0) is 7.28. The summed E-state index contributed by atoms with van der Waals surface area (Å²) in [5.74, 6) is -0.836. The van der Waals surface area contributed by atoms with Gasteiger partial charge in [0.15, 0.2) is 0 Å². The third-order valence-corrected chi connectivity index (χ3v) is 0.939. The van der Waals surface area contributed by atoms with Gasteiger partial charge in [0.05, 0.1) is 0 Å². The Balaban J connectivity index is 0. The van der Waals surface area contributed by atoms with Gasteiger partial charge in [-0.25, -0.2) is 0 Å².